The number of carbonyl (C=O) groups is 1. The van der Waals surface area contributed by atoms with Crippen molar-refractivity contribution in [2.24, 2.45) is 10.9 Å². The summed E-state index contributed by atoms with van der Waals surface area (Å²) in [6, 6.07) is 5.73. The molecule has 1 aromatic carbocycles. The molecule has 0 N–H and O–H groups in total. The summed E-state index contributed by atoms with van der Waals surface area (Å²) in [5, 5.41) is 0.401. The first-order valence-electron chi connectivity index (χ1n) is 9.83. The number of alkyl halides is 3. The highest BCUT2D eigenvalue weighted by molar-refractivity contribution is 14.2. The Kier molecular flexibility index (Phi) is 7.73. The predicted molar refractivity (Wildman–Crippen MR) is 133 cm³/mol. The highest BCUT2D eigenvalue weighted by Crippen LogP contribution is 2.50. The van der Waals surface area contributed by atoms with E-state index >= 15 is 0 Å². The molecule has 0 spiro atoms. The molecule has 1 fully saturated rings. The van der Waals surface area contributed by atoms with E-state index < -0.39 is 56.2 Å². The maximum atomic E-state index is 13.5. The minimum Gasteiger partial charge on any atom is -0.443 e. The quantitative estimate of drug-likeness (QED) is 0.361. The number of ether oxygens (including phenoxy) is 2. The van der Waals surface area contributed by atoms with Crippen molar-refractivity contribution in [1.29, 1.82) is 0 Å². The van der Waals surface area contributed by atoms with E-state index in [1.807, 2.05) is 18.2 Å². The highest BCUT2D eigenvalue weighted by Gasteiger charge is 2.55. The summed E-state index contributed by atoms with van der Waals surface area (Å²) in [4.78, 5) is 18.9. The number of aliphatic imine (C=N–C) groups is 1. The standard InChI is InChI=1S/C21H25BrF3IN2O3S/c1-19(2,3)31-18(29)28(5)17-27-20(14-9-13(22)6-7-15(14)26-4)11-30-16(21(23,24)25)8-12(20)10-32-17/h6-7,9,12,16H,4,8,10-11H2,1-3,5H3/t12-,16+,20?/m0/s1. The molecule has 32 heavy (non-hydrogen) atoms. The number of nitrogens with zero attached hydrogens (tertiary/aromatic N) is 2. The Morgan fingerprint density at radius 1 is 1.41 bits per heavy atom. The van der Waals surface area contributed by atoms with Gasteiger partial charge in [-0.1, -0.05) is 52.9 Å². The molecule has 0 aromatic heterocycles. The van der Waals surface area contributed by atoms with Gasteiger partial charge in [0.2, 0.25) is 0 Å². The van der Waals surface area contributed by atoms with Crippen molar-refractivity contribution in [2.75, 3.05) is 19.4 Å². The average Bonchev–Trinajstić information content (AvgIpc) is 2.70. The van der Waals surface area contributed by atoms with Gasteiger partial charge in [-0.3, -0.25) is 4.90 Å². The third-order valence-electron chi connectivity index (χ3n) is 5.25. The number of fused-ring (bicyclic) bond motifs is 1. The molecule has 0 aliphatic carbocycles. The van der Waals surface area contributed by atoms with Gasteiger partial charge in [-0.2, -0.15) is 13.2 Å². The summed E-state index contributed by atoms with van der Waals surface area (Å²) in [5.74, 6) is -0.0316. The molecule has 2 heterocycles. The molecular weight excluding hydrogens is 624 g/mol. The smallest absolute Gasteiger partial charge is 0.416 e. The monoisotopic (exact) mass is 648 g/mol. The van der Waals surface area contributed by atoms with E-state index in [-0.39, 0.29) is 13.0 Å². The lowest BCUT2D eigenvalue weighted by Crippen LogP contribution is -2.54. The highest BCUT2D eigenvalue weighted by atomic mass is 127. The van der Waals surface area contributed by atoms with E-state index in [0.717, 1.165) is 13.6 Å². The largest absolute Gasteiger partial charge is 0.443 e. The van der Waals surface area contributed by atoms with Gasteiger partial charge < -0.3 is 9.47 Å². The number of amidine groups is 1. The van der Waals surface area contributed by atoms with Crippen LogP contribution in [0.1, 0.15) is 32.8 Å². The van der Waals surface area contributed by atoms with Gasteiger partial charge in [0.25, 0.3) is 0 Å². The van der Waals surface area contributed by atoms with Gasteiger partial charge in [0, 0.05) is 26.8 Å². The van der Waals surface area contributed by atoms with Crippen LogP contribution in [0, 0.1) is 9.49 Å². The minimum atomic E-state index is -4.44. The van der Waals surface area contributed by atoms with Crippen molar-refractivity contribution in [3.63, 3.8) is 0 Å². The van der Waals surface area contributed by atoms with Crippen LogP contribution in [0.5, 0.6) is 0 Å². The Balaban J connectivity index is 2.08. The molecule has 5 nitrogen and oxygen atoms in total. The van der Waals surface area contributed by atoms with E-state index in [1.165, 1.54) is 16.7 Å². The van der Waals surface area contributed by atoms with Crippen LogP contribution in [-0.4, -0.2) is 58.0 Å². The van der Waals surface area contributed by atoms with Crippen molar-refractivity contribution >= 4 is 64.2 Å². The van der Waals surface area contributed by atoms with Crippen molar-refractivity contribution in [1.82, 2.24) is 4.90 Å². The Labute approximate surface area is 208 Å². The minimum absolute atomic E-state index is 0.190. The average molecular weight is 649 g/mol. The van der Waals surface area contributed by atoms with Crippen molar-refractivity contribution in [3.8, 4) is 0 Å². The lowest BCUT2D eigenvalue weighted by molar-refractivity contribution is -0.245. The molecule has 1 unspecified atom stereocenters. The summed E-state index contributed by atoms with van der Waals surface area (Å²) < 4.78 is 57.1. The molecule has 1 saturated heterocycles. The van der Waals surface area contributed by atoms with Crippen molar-refractivity contribution in [2.45, 2.75) is 50.6 Å². The van der Waals surface area contributed by atoms with E-state index in [4.69, 9.17) is 14.5 Å². The van der Waals surface area contributed by atoms with E-state index in [0.29, 0.717) is 10.9 Å². The number of halogens is 5. The van der Waals surface area contributed by atoms with E-state index in [9.17, 15) is 18.0 Å². The number of rotatable bonds is 2. The second-order valence-corrected chi connectivity index (χ2v) is 12.5. The number of thioether (sulfide) groups is 1. The molecule has 2 aliphatic rings. The van der Waals surface area contributed by atoms with Crippen LogP contribution < -0.4 is 0 Å². The fourth-order valence-electron chi connectivity index (χ4n) is 3.69. The SMILES string of the molecule is C=Ic1ccc(Br)cc1C12CO[C@@H](C(F)(F)F)C[C@H]1CSC(N(C)C(=O)OC(C)(C)C)=N2. The van der Waals surface area contributed by atoms with Gasteiger partial charge in [-0.25, -0.2) is 9.79 Å². The van der Waals surface area contributed by atoms with Crippen LogP contribution in [0.4, 0.5) is 18.0 Å². The van der Waals surface area contributed by atoms with Gasteiger partial charge in [-0.15, -0.1) is 0 Å². The molecule has 3 atom stereocenters. The Morgan fingerprint density at radius 3 is 2.69 bits per heavy atom. The van der Waals surface area contributed by atoms with Crippen LogP contribution in [0.2, 0.25) is 0 Å². The van der Waals surface area contributed by atoms with Gasteiger partial charge >= 0.3 is 12.3 Å². The predicted octanol–water partition coefficient (Wildman–Crippen LogP) is 6.15. The normalized spacial score (nSPS) is 26.2. The van der Waals surface area contributed by atoms with Gasteiger partial charge in [0.1, 0.15) is 11.1 Å². The lowest BCUT2D eigenvalue weighted by atomic mass is 9.75. The molecular formula is C21H25BrF3IN2O3S. The number of carbonyl (C=O) groups excluding carboxylic acids is 1. The van der Waals surface area contributed by atoms with Gasteiger partial charge in [-0.05, 0) is 51.0 Å². The van der Waals surface area contributed by atoms with E-state index in [1.54, 1.807) is 27.8 Å². The van der Waals surface area contributed by atoms with Crippen LogP contribution in [0.25, 0.3) is 0 Å². The maximum Gasteiger partial charge on any atom is 0.416 e. The topological polar surface area (TPSA) is 51.1 Å². The molecule has 0 saturated carbocycles. The summed E-state index contributed by atoms with van der Waals surface area (Å²) >= 11 is 4.13. The summed E-state index contributed by atoms with van der Waals surface area (Å²) in [7, 11) is 1.56. The fraction of sp³-hybridized carbons (Fsp3) is 0.571. The maximum absolute atomic E-state index is 13.5. The molecule has 2 aliphatic heterocycles. The first-order chi connectivity index (χ1) is 14.8. The third-order valence-corrected chi connectivity index (χ3v) is 8.69. The second-order valence-electron chi connectivity index (χ2n) is 8.70. The molecule has 1 amide bonds. The molecule has 1 aromatic rings. The van der Waals surface area contributed by atoms with Gasteiger partial charge in [0.05, 0.1) is 6.61 Å². The zero-order valence-corrected chi connectivity index (χ0v) is 22.7. The van der Waals surface area contributed by atoms with Crippen LogP contribution >= 0.6 is 48.4 Å². The van der Waals surface area contributed by atoms with Crippen molar-refractivity contribution in [3.05, 3.63) is 31.8 Å². The van der Waals surface area contributed by atoms with E-state index in [2.05, 4.69) is 20.4 Å². The zero-order valence-electron chi connectivity index (χ0n) is 18.1. The summed E-state index contributed by atoms with van der Waals surface area (Å²) in [6.45, 7) is 5.08. The molecule has 3 rings (SSSR count). The first kappa shape index (κ1) is 26.0. The zero-order chi connectivity index (χ0) is 23.9. The molecule has 178 valence electrons. The van der Waals surface area contributed by atoms with Crippen molar-refractivity contribution < 1.29 is 27.4 Å². The Hall–Kier alpha value is -0.660. The fourth-order valence-corrected chi connectivity index (χ4v) is 6.77. The number of amides is 1. The van der Waals surface area contributed by atoms with Crippen LogP contribution in [-0.2, 0) is 15.0 Å². The first-order valence-corrected chi connectivity index (χ1v) is 14.2. The Bertz CT molecular complexity index is 938. The summed E-state index contributed by atoms with van der Waals surface area (Å²) in [6.07, 6.45) is -7.02. The summed E-state index contributed by atoms with van der Waals surface area (Å²) in [5.41, 5.74) is -0.903. The van der Waals surface area contributed by atoms with Crippen LogP contribution in [0.3, 0.4) is 0 Å². The van der Waals surface area contributed by atoms with Crippen LogP contribution in [0.15, 0.2) is 27.7 Å². The number of hydrogen-bond donors (Lipinski definition) is 0. The number of hydrogen-bond acceptors (Lipinski definition) is 5. The lowest BCUT2D eigenvalue weighted by Gasteiger charge is -2.47. The number of benzene rings is 1. The Morgan fingerprint density at radius 2 is 2.09 bits per heavy atom. The second kappa shape index (κ2) is 9.53. The molecule has 0 radical (unpaired) electrons. The third kappa shape index (κ3) is 5.52. The van der Waals surface area contributed by atoms with Gasteiger partial charge in [0.15, 0.2) is 11.3 Å². The molecule has 0 bridgehead atoms. The molecule has 11 heteroatoms.